The summed E-state index contributed by atoms with van der Waals surface area (Å²) in [5.74, 6) is 0.178. The van der Waals surface area contributed by atoms with Crippen molar-refractivity contribution in [2.75, 3.05) is 93.1 Å². The number of anilines is 4. The van der Waals surface area contributed by atoms with Gasteiger partial charge in [-0.05, 0) is 48.5 Å². The van der Waals surface area contributed by atoms with Gasteiger partial charge in [0.05, 0.1) is 31.6 Å². The third-order valence-electron chi connectivity index (χ3n) is 7.45. The Kier molecular flexibility index (Phi) is 9.73. The van der Waals surface area contributed by atoms with E-state index in [-0.39, 0.29) is 5.91 Å². The molecule has 0 saturated carbocycles. The van der Waals surface area contributed by atoms with Crippen molar-refractivity contribution >= 4 is 34.7 Å². The fourth-order valence-electron chi connectivity index (χ4n) is 5.26. The standard InChI is InChI=1S/C31H37FN6O4/c1-41-29-8-3-2-7-28(29)38-15-13-37(14-16-38)27-10-9-25(35-31(40)34-24-6-4-5-23(32)21-24)22-26(27)30(39)33-11-12-36-17-19-42-20-18-36/h2-10,21-22H,11-20H2,1H3,(H,33,39)(H2,34,35,40). The number of methoxy groups -OCH3 is 1. The van der Waals surface area contributed by atoms with E-state index in [4.69, 9.17) is 9.47 Å². The quantitative estimate of drug-likeness (QED) is 0.356. The van der Waals surface area contributed by atoms with Crippen molar-refractivity contribution in [2.24, 2.45) is 0 Å². The first kappa shape index (κ1) is 29.2. The molecule has 11 heteroatoms. The number of nitrogens with one attached hydrogen (secondary N) is 3. The Bertz CT molecular complexity index is 1380. The summed E-state index contributed by atoms with van der Waals surface area (Å²) in [6.07, 6.45) is 0. The largest absolute Gasteiger partial charge is 0.495 e. The minimum absolute atomic E-state index is 0.209. The highest BCUT2D eigenvalue weighted by Crippen LogP contribution is 2.31. The van der Waals surface area contributed by atoms with Gasteiger partial charge in [-0.2, -0.15) is 0 Å². The van der Waals surface area contributed by atoms with E-state index in [0.29, 0.717) is 49.8 Å². The number of amides is 3. The van der Waals surface area contributed by atoms with E-state index in [1.165, 1.54) is 18.2 Å². The van der Waals surface area contributed by atoms with Gasteiger partial charge in [-0.3, -0.25) is 9.69 Å². The van der Waals surface area contributed by atoms with E-state index >= 15 is 0 Å². The van der Waals surface area contributed by atoms with Crippen molar-refractivity contribution in [3.05, 3.63) is 78.1 Å². The number of halogens is 1. The molecule has 2 fully saturated rings. The van der Waals surface area contributed by atoms with Crippen LogP contribution in [0.4, 0.5) is 31.9 Å². The lowest BCUT2D eigenvalue weighted by Crippen LogP contribution is -2.47. The molecule has 0 spiro atoms. The lowest BCUT2D eigenvalue weighted by Gasteiger charge is -2.38. The maximum Gasteiger partial charge on any atom is 0.323 e. The number of hydrogen-bond acceptors (Lipinski definition) is 7. The number of benzene rings is 3. The van der Waals surface area contributed by atoms with Gasteiger partial charge in [0.15, 0.2) is 0 Å². The second-order valence-electron chi connectivity index (χ2n) is 10.2. The fraction of sp³-hybridized carbons (Fsp3) is 0.355. The molecule has 2 saturated heterocycles. The molecule has 2 heterocycles. The molecule has 2 aliphatic heterocycles. The van der Waals surface area contributed by atoms with Gasteiger partial charge in [0, 0.05) is 69.4 Å². The molecule has 0 unspecified atom stereocenters. The predicted octanol–water partition coefficient (Wildman–Crippen LogP) is 3.87. The van der Waals surface area contributed by atoms with Gasteiger partial charge in [-0.1, -0.05) is 18.2 Å². The van der Waals surface area contributed by atoms with Crippen molar-refractivity contribution in [1.29, 1.82) is 0 Å². The highest BCUT2D eigenvalue weighted by molar-refractivity contribution is 6.04. The third kappa shape index (κ3) is 7.48. The van der Waals surface area contributed by atoms with Gasteiger partial charge in [-0.25, -0.2) is 9.18 Å². The first-order valence-electron chi connectivity index (χ1n) is 14.2. The number of carbonyl (C=O) groups is 2. The summed E-state index contributed by atoms with van der Waals surface area (Å²) >= 11 is 0. The van der Waals surface area contributed by atoms with Gasteiger partial charge in [0.1, 0.15) is 11.6 Å². The van der Waals surface area contributed by atoms with Crippen LogP contribution in [-0.2, 0) is 4.74 Å². The zero-order valence-corrected chi connectivity index (χ0v) is 23.8. The maximum atomic E-state index is 13.5. The van der Waals surface area contributed by atoms with E-state index in [1.54, 1.807) is 25.3 Å². The highest BCUT2D eigenvalue weighted by atomic mass is 19.1. The van der Waals surface area contributed by atoms with Crippen molar-refractivity contribution in [3.8, 4) is 5.75 Å². The number of ether oxygens (including phenoxy) is 2. The summed E-state index contributed by atoms with van der Waals surface area (Å²) in [7, 11) is 1.67. The van der Waals surface area contributed by atoms with Crippen molar-refractivity contribution in [2.45, 2.75) is 0 Å². The molecule has 3 aromatic carbocycles. The zero-order chi connectivity index (χ0) is 29.3. The smallest absolute Gasteiger partial charge is 0.323 e. The topological polar surface area (TPSA) is 98.4 Å². The molecule has 0 aromatic heterocycles. The fourth-order valence-corrected chi connectivity index (χ4v) is 5.26. The number of piperazine rings is 1. The van der Waals surface area contributed by atoms with Crippen LogP contribution >= 0.6 is 0 Å². The zero-order valence-electron chi connectivity index (χ0n) is 23.8. The summed E-state index contributed by atoms with van der Waals surface area (Å²) in [4.78, 5) is 32.9. The van der Waals surface area contributed by atoms with Crippen molar-refractivity contribution in [3.63, 3.8) is 0 Å². The summed E-state index contributed by atoms with van der Waals surface area (Å²) in [6, 6.07) is 18.4. The number of rotatable bonds is 9. The summed E-state index contributed by atoms with van der Waals surface area (Å²) in [6.45, 7) is 7.25. The Balaban J connectivity index is 1.29. The van der Waals surface area contributed by atoms with Crippen LogP contribution in [0.25, 0.3) is 0 Å². The van der Waals surface area contributed by atoms with Gasteiger partial charge in [0.2, 0.25) is 0 Å². The van der Waals surface area contributed by atoms with Crippen molar-refractivity contribution in [1.82, 2.24) is 10.2 Å². The average Bonchev–Trinajstić information content (AvgIpc) is 3.01. The molecule has 0 atom stereocenters. The van der Waals surface area contributed by atoms with Crippen LogP contribution in [-0.4, -0.2) is 89.5 Å². The lowest BCUT2D eigenvalue weighted by molar-refractivity contribution is 0.0383. The Morgan fingerprint density at radius 3 is 2.24 bits per heavy atom. The minimum Gasteiger partial charge on any atom is -0.495 e. The van der Waals surface area contributed by atoms with E-state index in [0.717, 1.165) is 49.8 Å². The summed E-state index contributed by atoms with van der Waals surface area (Å²) in [5.41, 5.74) is 3.11. The van der Waals surface area contributed by atoms with E-state index in [9.17, 15) is 14.0 Å². The number of nitrogens with zero attached hydrogens (tertiary/aromatic N) is 3. The molecule has 10 nitrogen and oxygen atoms in total. The summed E-state index contributed by atoms with van der Waals surface area (Å²) in [5, 5.41) is 8.45. The Hall–Kier alpha value is -4.35. The molecule has 3 aromatic rings. The van der Waals surface area contributed by atoms with Gasteiger partial charge in [-0.15, -0.1) is 0 Å². The molecule has 3 N–H and O–H groups in total. The normalized spacial score (nSPS) is 15.7. The molecule has 0 aliphatic carbocycles. The molecule has 3 amide bonds. The molecule has 2 aliphatic rings. The van der Waals surface area contributed by atoms with Crippen LogP contribution in [0.2, 0.25) is 0 Å². The molecule has 42 heavy (non-hydrogen) atoms. The minimum atomic E-state index is -0.530. The maximum absolute atomic E-state index is 13.5. The van der Waals surface area contributed by atoms with Crippen LogP contribution in [0, 0.1) is 5.82 Å². The summed E-state index contributed by atoms with van der Waals surface area (Å²) < 4.78 is 24.5. The lowest BCUT2D eigenvalue weighted by atomic mass is 10.1. The predicted molar refractivity (Wildman–Crippen MR) is 162 cm³/mol. The first-order valence-corrected chi connectivity index (χ1v) is 14.2. The van der Waals surface area contributed by atoms with Crippen molar-refractivity contribution < 1.29 is 23.5 Å². The van der Waals surface area contributed by atoms with Crippen LogP contribution in [0.5, 0.6) is 5.75 Å². The van der Waals surface area contributed by atoms with E-state index in [1.807, 2.05) is 24.3 Å². The molecular formula is C31H37FN6O4. The van der Waals surface area contributed by atoms with Gasteiger partial charge < -0.3 is 35.2 Å². The average molecular weight is 577 g/mol. The molecule has 0 bridgehead atoms. The Morgan fingerprint density at radius 2 is 1.52 bits per heavy atom. The monoisotopic (exact) mass is 576 g/mol. The number of urea groups is 1. The second kappa shape index (κ2) is 14.0. The van der Waals surface area contributed by atoms with Crippen LogP contribution in [0.15, 0.2) is 66.7 Å². The SMILES string of the molecule is COc1ccccc1N1CCN(c2ccc(NC(=O)Nc3cccc(F)c3)cc2C(=O)NCCN2CCOCC2)CC1. The number of carbonyl (C=O) groups excluding carboxylic acids is 2. The molecule has 222 valence electrons. The van der Waals surface area contributed by atoms with Gasteiger partial charge in [0.25, 0.3) is 5.91 Å². The highest BCUT2D eigenvalue weighted by Gasteiger charge is 2.24. The number of para-hydroxylation sites is 2. The Labute approximate surface area is 245 Å². The van der Waals surface area contributed by atoms with Gasteiger partial charge >= 0.3 is 6.03 Å². The van der Waals surface area contributed by atoms with Crippen LogP contribution < -0.4 is 30.5 Å². The second-order valence-corrected chi connectivity index (χ2v) is 10.2. The number of hydrogen-bond donors (Lipinski definition) is 3. The Morgan fingerprint density at radius 1 is 0.833 bits per heavy atom. The van der Waals surface area contributed by atoms with Crippen LogP contribution in [0.1, 0.15) is 10.4 Å². The number of morpholine rings is 1. The third-order valence-corrected chi connectivity index (χ3v) is 7.45. The molecular weight excluding hydrogens is 539 g/mol. The molecule has 0 radical (unpaired) electrons. The molecule has 5 rings (SSSR count). The first-order chi connectivity index (χ1) is 20.5. The van der Waals surface area contributed by atoms with E-state index in [2.05, 4.69) is 36.7 Å². The van der Waals surface area contributed by atoms with E-state index < -0.39 is 11.8 Å². The van der Waals surface area contributed by atoms with Crippen LogP contribution in [0.3, 0.4) is 0 Å².